The summed E-state index contributed by atoms with van der Waals surface area (Å²) >= 11 is 0. The highest BCUT2D eigenvalue weighted by Crippen LogP contribution is 2.26. The van der Waals surface area contributed by atoms with Crippen LogP contribution in [0.2, 0.25) is 0 Å². The molecule has 0 aromatic heterocycles. The van der Waals surface area contributed by atoms with Crippen LogP contribution in [-0.2, 0) is 0 Å². The quantitative estimate of drug-likeness (QED) is 0.309. The second kappa shape index (κ2) is 5.14. The van der Waals surface area contributed by atoms with Gasteiger partial charge in [0.05, 0.1) is 0 Å². The van der Waals surface area contributed by atoms with Crippen LogP contribution in [0.4, 0.5) is 8.78 Å². The summed E-state index contributed by atoms with van der Waals surface area (Å²) in [6, 6.07) is 0. The molecule has 0 amide bonds. The number of hydrogen-bond donors (Lipinski definition) is 1. The van der Waals surface area contributed by atoms with E-state index in [0.717, 1.165) is 38.5 Å². The molecule has 0 atom stereocenters. The third-order valence-corrected chi connectivity index (χ3v) is 2.61. The standard InChI is InChI=1S/C9H15F2NO/c10-9(11)8(12-13)7-5-3-1-2-4-6-7/h7,9,13H,1-6H2. The number of alkyl halides is 2. The molecule has 1 saturated carbocycles. The van der Waals surface area contributed by atoms with Crippen LogP contribution >= 0.6 is 0 Å². The van der Waals surface area contributed by atoms with Crippen LogP contribution in [0.3, 0.4) is 0 Å². The first-order chi connectivity index (χ1) is 6.25. The van der Waals surface area contributed by atoms with E-state index < -0.39 is 6.43 Å². The SMILES string of the molecule is ON=C(C(F)F)C1CCCCCC1. The molecule has 0 saturated heterocycles. The first kappa shape index (κ1) is 10.4. The Kier molecular flexibility index (Phi) is 4.12. The van der Waals surface area contributed by atoms with E-state index >= 15 is 0 Å². The summed E-state index contributed by atoms with van der Waals surface area (Å²) in [5.41, 5.74) is -0.318. The fourth-order valence-electron chi connectivity index (χ4n) is 1.88. The first-order valence-corrected chi connectivity index (χ1v) is 4.75. The molecular weight excluding hydrogens is 176 g/mol. The summed E-state index contributed by atoms with van der Waals surface area (Å²) in [6.45, 7) is 0. The molecule has 13 heavy (non-hydrogen) atoms. The van der Waals surface area contributed by atoms with Crippen molar-refractivity contribution in [1.29, 1.82) is 0 Å². The van der Waals surface area contributed by atoms with Gasteiger partial charge >= 0.3 is 0 Å². The average molecular weight is 191 g/mol. The van der Waals surface area contributed by atoms with E-state index in [1.165, 1.54) is 0 Å². The molecule has 1 fully saturated rings. The fourth-order valence-corrected chi connectivity index (χ4v) is 1.88. The summed E-state index contributed by atoms with van der Waals surface area (Å²) in [4.78, 5) is 0. The van der Waals surface area contributed by atoms with Crippen LogP contribution in [0, 0.1) is 5.92 Å². The van der Waals surface area contributed by atoms with Gasteiger partial charge in [-0.3, -0.25) is 0 Å². The molecular formula is C9H15F2NO. The van der Waals surface area contributed by atoms with Gasteiger partial charge in [-0.15, -0.1) is 0 Å². The topological polar surface area (TPSA) is 32.6 Å². The summed E-state index contributed by atoms with van der Waals surface area (Å²) in [5.74, 6) is -0.201. The molecule has 0 aromatic rings. The van der Waals surface area contributed by atoms with E-state index in [4.69, 9.17) is 5.21 Å². The van der Waals surface area contributed by atoms with E-state index in [2.05, 4.69) is 5.16 Å². The van der Waals surface area contributed by atoms with Crippen molar-refractivity contribution in [2.45, 2.75) is 45.0 Å². The van der Waals surface area contributed by atoms with E-state index in [9.17, 15) is 8.78 Å². The number of rotatable bonds is 2. The third kappa shape index (κ3) is 2.94. The van der Waals surface area contributed by atoms with Crippen molar-refractivity contribution in [3.63, 3.8) is 0 Å². The Bertz CT molecular complexity index is 174. The molecule has 0 aliphatic heterocycles. The Morgan fingerprint density at radius 2 is 1.69 bits per heavy atom. The van der Waals surface area contributed by atoms with E-state index in [1.807, 2.05) is 0 Å². The summed E-state index contributed by atoms with van der Waals surface area (Å²) in [5, 5.41) is 11.2. The molecule has 0 unspecified atom stereocenters. The highest BCUT2D eigenvalue weighted by Gasteiger charge is 2.25. The summed E-state index contributed by atoms with van der Waals surface area (Å²) in [6.07, 6.45) is 3.03. The van der Waals surface area contributed by atoms with Crippen molar-refractivity contribution >= 4 is 5.71 Å². The zero-order valence-electron chi connectivity index (χ0n) is 7.55. The maximum atomic E-state index is 12.3. The highest BCUT2D eigenvalue weighted by atomic mass is 19.3. The van der Waals surface area contributed by atoms with Crippen LogP contribution in [0.15, 0.2) is 5.16 Å². The van der Waals surface area contributed by atoms with Crippen molar-refractivity contribution in [3.8, 4) is 0 Å². The normalized spacial score (nSPS) is 21.9. The van der Waals surface area contributed by atoms with Crippen LogP contribution in [-0.4, -0.2) is 17.3 Å². The van der Waals surface area contributed by atoms with E-state index in [1.54, 1.807) is 0 Å². The van der Waals surface area contributed by atoms with E-state index in [-0.39, 0.29) is 11.6 Å². The molecule has 2 nitrogen and oxygen atoms in total. The Labute approximate surface area is 76.6 Å². The first-order valence-electron chi connectivity index (χ1n) is 4.75. The van der Waals surface area contributed by atoms with Crippen LogP contribution in [0.1, 0.15) is 38.5 Å². The largest absolute Gasteiger partial charge is 0.411 e. The molecule has 0 aromatic carbocycles. The number of oxime groups is 1. The van der Waals surface area contributed by atoms with Gasteiger partial charge in [0.15, 0.2) is 0 Å². The zero-order valence-corrected chi connectivity index (χ0v) is 7.55. The molecule has 0 spiro atoms. The maximum Gasteiger partial charge on any atom is 0.280 e. The predicted octanol–water partition coefficient (Wildman–Crippen LogP) is 3.05. The minimum atomic E-state index is -2.60. The lowest BCUT2D eigenvalue weighted by Crippen LogP contribution is -2.21. The number of hydrogen-bond acceptors (Lipinski definition) is 2. The lowest BCUT2D eigenvalue weighted by molar-refractivity contribution is 0.203. The second-order valence-electron chi connectivity index (χ2n) is 3.51. The molecule has 1 aliphatic rings. The number of nitrogens with zero attached hydrogens (tertiary/aromatic N) is 1. The van der Waals surface area contributed by atoms with Gasteiger partial charge in [0, 0.05) is 5.92 Å². The minimum Gasteiger partial charge on any atom is -0.411 e. The second-order valence-corrected chi connectivity index (χ2v) is 3.51. The van der Waals surface area contributed by atoms with E-state index in [0.29, 0.717) is 0 Å². The van der Waals surface area contributed by atoms with Crippen LogP contribution < -0.4 is 0 Å². The third-order valence-electron chi connectivity index (χ3n) is 2.61. The highest BCUT2D eigenvalue weighted by molar-refractivity contribution is 5.89. The molecule has 1 N–H and O–H groups in total. The Morgan fingerprint density at radius 1 is 1.15 bits per heavy atom. The van der Waals surface area contributed by atoms with Crippen molar-refractivity contribution in [2.24, 2.45) is 11.1 Å². The number of halogens is 2. The van der Waals surface area contributed by atoms with Crippen LogP contribution in [0.25, 0.3) is 0 Å². The minimum absolute atomic E-state index is 0.201. The summed E-state index contributed by atoms with van der Waals surface area (Å²) < 4.78 is 24.7. The summed E-state index contributed by atoms with van der Waals surface area (Å²) in [7, 11) is 0. The Balaban J connectivity index is 2.56. The molecule has 1 aliphatic carbocycles. The van der Waals surface area contributed by atoms with Crippen LogP contribution in [0.5, 0.6) is 0 Å². The van der Waals surface area contributed by atoms with Crippen molar-refractivity contribution < 1.29 is 14.0 Å². The Hall–Kier alpha value is -0.670. The maximum absolute atomic E-state index is 12.3. The van der Waals surface area contributed by atoms with Crippen molar-refractivity contribution in [2.75, 3.05) is 0 Å². The molecule has 1 rings (SSSR count). The van der Waals surface area contributed by atoms with Gasteiger partial charge in [0.25, 0.3) is 6.43 Å². The van der Waals surface area contributed by atoms with Crippen molar-refractivity contribution in [1.82, 2.24) is 0 Å². The molecule has 4 heteroatoms. The molecule has 0 radical (unpaired) electrons. The molecule has 0 heterocycles. The van der Waals surface area contributed by atoms with Gasteiger partial charge in [-0.2, -0.15) is 0 Å². The van der Waals surface area contributed by atoms with Gasteiger partial charge in [-0.05, 0) is 12.8 Å². The zero-order chi connectivity index (χ0) is 9.68. The van der Waals surface area contributed by atoms with Gasteiger partial charge in [-0.1, -0.05) is 30.8 Å². The van der Waals surface area contributed by atoms with Gasteiger partial charge in [0.1, 0.15) is 5.71 Å². The van der Waals surface area contributed by atoms with Gasteiger partial charge < -0.3 is 5.21 Å². The Morgan fingerprint density at radius 3 is 2.08 bits per heavy atom. The molecule has 0 bridgehead atoms. The fraction of sp³-hybridized carbons (Fsp3) is 0.889. The molecule has 76 valence electrons. The lowest BCUT2D eigenvalue weighted by Gasteiger charge is -2.14. The smallest absolute Gasteiger partial charge is 0.280 e. The monoisotopic (exact) mass is 191 g/mol. The average Bonchev–Trinajstić information content (AvgIpc) is 2.33. The van der Waals surface area contributed by atoms with Gasteiger partial charge in [-0.25, -0.2) is 8.78 Å². The van der Waals surface area contributed by atoms with Crippen molar-refractivity contribution in [3.05, 3.63) is 0 Å². The lowest BCUT2D eigenvalue weighted by atomic mass is 9.95. The van der Waals surface area contributed by atoms with Gasteiger partial charge in [0.2, 0.25) is 0 Å². The predicted molar refractivity (Wildman–Crippen MR) is 46.4 cm³/mol.